The number of amides is 1. The molecule has 1 aromatic heterocycles. The number of aromatic nitrogens is 1. The van der Waals surface area contributed by atoms with Gasteiger partial charge >= 0.3 is 0 Å². The van der Waals surface area contributed by atoms with Gasteiger partial charge in [0.25, 0.3) is 5.91 Å². The van der Waals surface area contributed by atoms with Gasteiger partial charge in [-0.3, -0.25) is 9.78 Å². The maximum atomic E-state index is 12.6. The molecule has 2 heterocycles. The van der Waals surface area contributed by atoms with Crippen LogP contribution in [0.2, 0.25) is 5.02 Å². The van der Waals surface area contributed by atoms with Crippen molar-refractivity contribution in [2.75, 3.05) is 13.1 Å². The largest absolute Gasteiger partial charge is 0.349 e. The molecule has 0 atom stereocenters. The Labute approximate surface area is 173 Å². The number of hydrazine groups is 1. The zero-order valence-electron chi connectivity index (χ0n) is 16.7. The van der Waals surface area contributed by atoms with Gasteiger partial charge in [0.05, 0.1) is 16.3 Å². The molecule has 0 radical (unpaired) electrons. The highest BCUT2D eigenvalue weighted by Crippen LogP contribution is 2.30. The van der Waals surface area contributed by atoms with Crippen molar-refractivity contribution >= 4 is 17.5 Å². The van der Waals surface area contributed by atoms with Crippen molar-refractivity contribution in [2.45, 2.75) is 70.4 Å². The lowest BCUT2D eigenvalue weighted by Gasteiger charge is -2.38. The summed E-state index contributed by atoms with van der Waals surface area (Å²) in [5, 5.41) is 8.75. The van der Waals surface area contributed by atoms with Crippen molar-refractivity contribution in [3.05, 3.63) is 40.8 Å². The second kappa shape index (κ2) is 8.83. The van der Waals surface area contributed by atoms with Crippen LogP contribution >= 0.6 is 11.6 Å². The molecule has 3 aliphatic rings. The van der Waals surface area contributed by atoms with E-state index in [2.05, 4.69) is 32.6 Å². The van der Waals surface area contributed by atoms with Crippen molar-refractivity contribution in [3.63, 3.8) is 0 Å². The number of hydrogen-bond donors (Lipinski definition) is 1. The predicted molar refractivity (Wildman–Crippen MR) is 112 cm³/mol. The monoisotopic (exact) mass is 402 g/mol. The number of nitrogens with one attached hydrogen (secondary N) is 1. The molecule has 1 aromatic rings. The molecule has 2 aliphatic carbocycles. The number of rotatable bonds is 5. The van der Waals surface area contributed by atoms with Crippen LogP contribution in [-0.4, -0.2) is 46.1 Å². The fourth-order valence-electron chi connectivity index (χ4n) is 4.95. The van der Waals surface area contributed by atoms with Crippen LogP contribution in [0.4, 0.5) is 0 Å². The number of carbonyl (C=O) groups excluding carboxylic acids is 1. The molecule has 0 bridgehead atoms. The van der Waals surface area contributed by atoms with Crippen LogP contribution in [0.25, 0.3) is 0 Å². The van der Waals surface area contributed by atoms with Crippen LogP contribution < -0.4 is 5.32 Å². The van der Waals surface area contributed by atoms with Gasteiger partial charge < -0.3 is 10.3 Å². The van der Waals surface area contributed by atoms with E-state index >= 15 is 0 Å². The van der Waals surface area contributed by atoms with E-state index in [1.165, 1.54) is 38.5 Å². The van der Waals surface area contributed by atoms with E-state index in [1.54, 1.807) is 12.3 Å². The number of halogens is 1. The molecule has 1 aliphatic heterocycles. The summed E-state index contributed by atoms with van der Waals surface area (Å²) in [6.07, 6.45) is 16.0. The molecule has 6 heteroatoms. The first-order valence-electron chi connectivity index (χ1n) is 10.7. The van der Waals surface area contributed by atoms with Crippen LogP contribution in [0.15, 0.2) is 24.5 Å². The van der Waals surface area contributed by atoms with E-state index in [0.717, 1.165) is 37.7 Å². The zero-order valence-corrected chi connectivity index (χ0v) is 17.5. The summed E-state index contributed by atoms with van der Waals surface area (Å²) < 4.78 is 0. The Morgan fingerprint density at radius 3 is 2.71 bits per heavy atom. The van der Waals surface area contributed by atoms with Gasteiger partial charge in [-0.2, -0.15) is 0 Å². The van der Waals surface area contributed by atoms with E-state index in [0.29, 0.717) is 16.5 Å². The molecule has 2 saturated carbocycles. The quantitative estimate of drug-likeness (QED) is 0.796. The maximum absolute atomic E-state index is 12.6. The first-order valence-corrected chi connectivity index (χ1v) is 11.1. The summed E-state index contributed by atoms with van der Waals surface area (Å²) in [4.78, 5) is 16.8. The predicted octanol–water partition coefficient (Wildman–Crippen LogP) is 4.32. The second-order valence-electron chi connectivity index (χ2n) is 8.54. The third-order valence-corrected chi connectivity index (χ3v) is 6.78. The summed E-state index contributed by atoms with van der Waals surface area (Å²) in [6, 6.07) is 2.70. The minimum atomic E-state index is -0.0502. The molecule has 0 saturated heterocycles. The first-order chi connectivity index (χ1) is 13.6. The van der Waals surface area contributed by atoms with Gasteiger partial charge in [0.15, 0.2) is 0 Å². The Hall–Kier alpha value is -1.59. The molecule has 1 amide bonds. The molecular formula is C22H31ClN4O. The van der Waals surface area contributed by atoms with Crippen LogP contribution in [0, 0.1) is 12.8 Å². The van der Waals surface area contributed by atoms with Crippen LogP contribution in [0.5, 0.6) is 0 Å². The van der Waals surface area contributed by atoms with Crippen molar-refractivity contribution < 1.29 is 4.79 Å². The highest BCUT2D eigenvalue weighted by Gasteiger charge is 2.30. The second-order valence-corrected chi connectivity index (χ2v) is 8.98. The minimum Gasteiger partial charge on any atom is -0.349 e. The van der Waals surface area contributed by atoms with E-state index < -0.39 is 0 Å². The fourth-order valence-corrected chi connectivity index (χ4v) is 5.11. The molecule has 5 nitrogen and oxygen atoms in total. The molecular weight excluding hydrogens is 372 g/mol. The molecule has 28 heavy (non-hydrogen) atoms. The molecule has 2 fully saturated rings. The first kappa shape index (κ1) is 19.7. The van der Waals surface area contributed by atoms with Crippen LogP contribution in [-0.2, 0) is 0 Å². The fraction of sp³-hybridized carbons (Fsp3) is 0.636. The Morgan fingerprint density at radius 1 is 1.21 bits per heavy atom. The Bertz CT molecular complexity index is 723. The zero-order chi connectivity index (χ0) is 19.5. The van der Waals surface area contributed by atoms with Crippen molar-refractivity contribution in [2.24, 2.45) is 5.92 Å². The highest BCUT2D eigenvalue weighted by molar-refractivity contribution is 6.30. The van der Waals surface area contributed by atoms with E-state index in [-0.39, 0.29) is 11.9 Å². The SMILES string of the molecule is Cc1ncc(Cl)cc1C(=O)NC1CCC(CN2C=CCN2C2CCCC2)CC1. The van der Waals surface area contributed by atoms with E-state index in [9.17, 15) is 4.79 Å². The normalized spacial score (nSPS) is 26.1. The Balaban J connectivity index is 1.26. The van der Waals surface area contributed by atoms with E-state index in [1.807, 2.05) is 6.92 Å². The van der Waals surface area contributed by atoms with Crippen molar-refractivity contribution in [1.29, 1.82) is 0 Å². The molecule has 0 aromatic carbocycles. The average Bonchev–Trinajstić information content (AvgIpc) is 3.36. The number of nitrogens with zero attached hydrogens (tertiary/aromatic N) is 3. The lowest BCUT2D eigenvalue weighted by molar-refractivity contribution is -0.00745. The van der Waals surface area contributed by atoms with Crippen molar-refractivity contribution in [3.8, 4) is 0 Å². The third-order valence-electron chi connectivity index (χ3n) is 6.57. The van der Waals surface area contributed by atoms with Gasteiger partial charge in [0, 0.05) is 37.6 Å². The highest BCUT2D eigenvalue weighted by atomic mass is 35.5. The molecule has 1 N–H and O–H groups in total. The van der Waals surface area contributed by atoms with Gasteiger partial charge in [-0.15, -0.1) is 0 Å². The lowest BCUT2D eigenvalue weighted by atomic mass is 9.85. The summed E-state index contributed by atoms with van der Waals surface area (Å²) in [6.45, 7) is 4.04. The number of aryl methyl sites for hydroxylation is 1. The number of pyridine rings is 1. The van der Waals surface area contributed by atoms with Gasteiger partial charge in [0.1, 0.15) is 0 Å². The number of hydrogen-bond acceptors (Lipinski definition) is 4. The van der Waals surface area contributed by atoms with Gasteiger partial charge in [-0.05, 0) is 57.4 Å². The van der Waals surface area contributed by atoms with Crippen LogP contribution in [0.3, 0.4) is 0 Å². The maximum Gasteiger partial charge on any atom is 0.253 e. The van der Waals surface area contributed by atoms with E-state index in [4.69, 9.17) is 11.6 Å². The smallest absolute Gasteiger partial charge is 0.253 e. The van der Waals surface area contributed by atoms with Gasteiger partial charge in [0.2, 0.25) is 0 Å². The summed E-state index contributed by atoms with van der Waals surface area (Å²) in [5.41, 5.74) is 1.31. The Kier molecular flexibility index (Phi) is 6.22. The Morgan fingerprint density at radius 2 is 1.96 bits per heavy atom. The van der Waals surface area contributed by atoms with Crippen LogP contribution in [0.1, 0.15) is 67.4 Å². The summed E-state index contributed by atoms with van der Waals surface area (Å²) >= 11 is 6.01. The molecule has 0 unspecified atom stereocenters. The van der Waals surface area contributed by atoms with Gasteiger partial charge in [-0.1, -0.05) is 30.5 Å². The molecule has 0 spiro atoms. The van der Waals surface area contributed by atoms with Crippen molar-refractivity contribution in [1.82, 2.24) is 20.3 Å². The number of carbonyl (C=O) groups is 1. The summed E-state index contributed by atoms with van der Waals surface area (Å²) in [7, 11) is 0. The third kappa shape index (κ3) is 4.52. The molecule has 4 rings (SSSR count). The minimum absolute atomic E-state index is 0.0502. The summed E-state index contributed by atoms with van der Waals surface area (Å²) in [5.74, 6) is 0.653. The van der Waals surface area contributed by atoms with Gasteiger partial charge in [-0.25, -0.2) is 5.01 Å². The molecule has 152 valence electrons. The average molecular weight is 403 g/mol. The standard InChI is InChI=1S/C22H31ClN4O/c1-16-21(13-18(23)14-24-16)22(28)25-19-9-7-17(8-10-19)15-26-11-4-12-27(26)20-5-2-3-6-20/h4,11,13-14,17,19-20H,2-3,5-10,12,15H2,1H3,(H,25,28). The topological polar surface area (TPSA) is 48.5 Å². The lowest BCUT2D eigenvalue weighted by Crippen LogP contribution is -2.45.